The van der Waals surface area contributed by atoms with Gasteiger partial charge in [0.15, 0.2) is 0 Å². The summed E-state index contributed by atoms with van der Waals surface area (Å²) in [7, 11) is 0. The molecule has 0 aliphatic heterocycles. The van der Waals surface area contributed by atoms with E-state index in [0.29, 0.717) is 6.61 Å². The van der Waals surface area contributed by atoms with Crippen molar-refractivity contribution in [2.45, 2.75) is 32.8 Å². The fraction of sp³-hybridized carbons (Fsp3) is 0.357. The summed E-state index contributed by atoms with van der Waals surface area (Å²) in [5.74, 6) is 0. The van der Waals surface area contributed by atoms with Gasteiger partial charge in [-0.05, 0) is 24.0 Å². The lowest BCUT2D eigenvalue weighted by molar-refractivity contribution is 0.131. The van der Waals surface area contributed by atoms with E-state index in [9.17, 15) is 0 Å². The molecule has 1 aromatic carbocycles. The average Bonchev–Trinajstić information content (AvgIpc) is 2.34. The number of unbranched alkanes of at least 4 members (excludes halogenated alkanes) is 2. The fourth-order valence-corrected chi connectivity index (χ4v) is 1.20. The van der Waals surface area contributed by atoms with Gasteiger partial charge in [0, 0.05) is 0 Å². The van der Waals surface area contributed by atoms with Crippen molar-refractivity contribution in [2.24, 2.45) is 5.16 Å². The van der Waals surface area contributed by atoms with Crippen LogP contribution in [-0.4, -0.2) is 6.21 Å². The van der Waals surface area contributed by atoms with Crippen molar-refractivity contribution in [3.63, 3.8) is 0 Å². The van der Waals surface area contributed by atoms with E-state index < -0.39 is 0 Å². The van der Waals surface area contributed by atoms with E-state index >= 15 is 0 Å². The molecule has 0 saturated heterocycles. The maximum Gasteiger partial charge on any atom is 0.142 e. The molecule has 0 atom stereocenters. The van der Waals surface area contributed by atoms with Crippen molar-refractivity contribution < 1.29 is 4.84 Å². The van der Waals surface area contributed by atoms with Gasteiger partial charge in [0.1, 0.15) is 12.8 Å². The molecule has 0 spiro atoms. The summed E-state index contributed by atoms with van der Waals surface area (Å²) in [6.45, 7) is 6.34. The van der Waals surface area contributed by atoms with Crippen molar-refractivity contribution in [1.82, 2.24) is 0 Å². The van der Waals surface area contributed by atoms with Gasteiger partial charge in [-0.25, -0.2) is 0 Å². The summed E-state index contributed by atoms with van der Waals surface area (Å²) in [6, 6.07) is 8.05. The lowest BCUT2D eigenvalue weighted by Gasteiger charge is -2.00. The molecule has 0 heterocycles. The van der Waals surface area contributed by atoms with E-state index in [1.165, 1.54) is 0 Å². The first kappa shape index (κ1) is 12.5. The Morgan fingerprint density at radius 1 is 1.38 bits per heavy atom. The maximum atomic E-state index is 5.13. The van der Waals surface area contributed by atoms with E-state index in [0.717, 1.165) is 30.4 Å². The maximum absolute atomic E-state index is 5.13. The Balaban J connectivity index is 2.26. The van der Waals surface area contributed by atoms with Crippen LogP contribution < -0.4 is 0 Å². The van der Waals surface area contributed by atoms with Gasteiger partial charge < -0.3 is 4.84 Å². The molecule has 1 rings (SSSR count). The van der Waals surface area contributed by atoms with Gasteiger partial charge in [-0.3, -0.25) is 0 Å². The monoisotopic (exact) mass is 216 g/mol. The molecule has 2 heteroatoms. The molecule has 0 aliphatic carbocycles. The Bertz CT molecular complexity index is 327. The van der Waals surface area contributed by atoms with Crippen LogP contribution in [0.1, 0.15) is 37.3 Å². The van der Waals surface area contributed by atoms with Crippen molar-refractivity contribution in [3.8, 4) is 0 Å². The average molecular weight is 216 g/mol. The third kappa shape index (κ3) is 4.78. The van der Waals surface area contributed by atoms with Gasteiger partial charge in [0.05, 0.1) is 0 Å². The molecule has 85 valence electrons. The molecule has 0 aliphatic rings. The zero-order valence-electron chi connectivity index (χ0n) is 9.78. The molecule has 0 aromatic heterocycles. The minimum atomic E-state index is 0.497. The summed E-state index contributed by atoms with van der Waals surface area (Å²) in [5.41, 5.74) is 2.22. The molecule has 0 amide bonds. The molecular formula is C14H18NO. The number of benzene rings is 1. The molecule has 0 bridgehead atoms. The Kier molecular flexibility index (Phi) is 6.00. The summed E-state index contributed by atoms with van der Waals surface area (Å²) in [4.78, 5) is 5.13. The van der Waals surface area contributed by atoms with Gasteiger partial charge in [0.25, 0.3) is 0 Å². The van der Waals surface area contributed by atoms with Crippen molar-refractivity contribution in [1.29, 1.82) is 0 Å². The van der Waals surface area contributed by atoms with Crippen molar-refractivity contribution in [2.75, 3.05) is 0 Å². The topological polar surface area (TPSA) is 21.6 Å². The van der Waals surface area contributed by atoms with Crippen LogP contribution in [0.4, 0.5) is 0 Å². The highest BCUT2D eigenvalue weighted by Gasteiger charge is 1.92. The van der Waals surface area contributed by atoms with Gasteiger partial charge >= 0.3 is 0 Å². The lowest BCUT2D eigenvalue weighted by Crippen LogP contribution is -1.87. The van der Waals surface area contributed by atoms with Crippen LogP contribution in [0.15, 0.2) is 36.0 Å². The predicted molar refractivity (Wildman–Crippen MR) is 68.3 cm³/mol. The normalized spacial score (nSPS) is 10.6. The molecule has 0 N–H and O–H groups in total. The zero-order valence-corrected chi connectivity index (χ0v) is 9.78. The van der Waals surface area contributed by atoms with Gasteiger partial charge in [-0.15, -0.1) is 0 Å². The fourth-order valence-electron chi connectivity index (χ4n) is 1.20. The van der Waals surface area contributed by atoms with E-state index in [4.69, 9.17) is 4.84 Å². The Morgan fingerprint density at radius 3 is 2.75 bits per heavy atom. The summed E-state index contributed by atoms with van der Waals surface area (Å²) in [6.07, 6.45) is 7.82. The number of nitrogens with zero attached hydrogens (tertiary/aromatic N) is 1. The first-order valence-electron chi connectivity index (χ1n) is 5.63. The van der Waals surface area contributed by atoms with Crippen LogP contribution in [-0.2, 0) is 11.4 Å². The van der Waals surface area contributed by atoms with E-state index in [-0.39, 0.29) is 0 Å². The predicted octanol–water partition coefficient (Wildman–Crippen LogP) is 3.90. The first-order chi connectivity index (χ1) is 7.86. The number of hydrogen-bond donors (Lipinski definition) is 0. The second kappa shape index (κ2) is 7.69. The quantitative estimate of drug-likeness (QED) is 0.385. The van der Waals surface area contributed by atoms with E-state index in [1.54, 1.807) is 0 Å². The molecule has 16 heavy (non-hydrogen) atoms. The molecule has 1 radical (unpaired) electrons. The third-order valence-electron chi connectivity index (χ3n) is 2.22. The number of rotatable bonds is 7. The van der Waals surface area contributed by atoms with Crippen LogP contribution >= 0.6 is 0 Å². The van der Waals surface area contributed by atoms with Crippen LogP contribution in [0.3, 0.4) is 0 Å². The third-order valence-corrected chi connectivity index (χ3v) is 2.22. The van der Waals surface area contributed by atoms with Crippen molar-refractivity contribution >= 4 is 12.3 Å². The Hall–Kier alpha value is -1.57. The van der Waals surface area contributed by atoms with Crippen molar-refractivity contribution in [3.05, 3.63) is 42.0 Å². The van der Waals surface area contributed by atoms with E-state index in [2.05, 4.69) is 24.9 Å². The second-order valence-corrected chi connectivity index (χ2v) is 3.57. The Labute approximate surface area is 97.6 Å². The summed E-state index contributed by atoms with van der Waals surface area (Å²) >= 11 is 0. The minimum Gasteiger partial charge on any atom is -0.391 e. The van der Waals surface area contributed by atoms with Gasteiger partial charge in [0.2, 0.25) is 0 Å². The zero-order chi connectivity index (χ0) is 11.6. The summed E-state index contributed by atoms with van der Waals surface area (Å²) in [5, 5.41) is 3.78. The van der Waals surface area contributed by atoms with E-state index in [1.807, 2.05) is 30.3 Å². The molecule has 0 saturated carbocycles. The molecule has 2 nitrogen and oxygen atoms in total. The molecule has 1 aromatic rings. The highest BCUT2D eigenvalue weighted by atomic mass is 16.6. The largest absolute Gasteiger partial charge is 0.391 e. The lowest BCUT2D eigenvalue weighted by atomic mass is 10.1. The van der Waals surface area contributed by atoms with Crippen LogP contribution in [0.2, 0.25) is 0 Å². The minimum absolute atomic E-state index is 0.497. The highest BCUT2D eigenvalue weighted by molar-refractivity contribution is 5.56. The SMILES string of the molecule is C=Cc1ccc(CO/N=[C]/CCCC)cc1. The van der Waals surface area contributed by atoms with Crippen LogP contribution in [0.25, 0.3) is 6.08 Å². The first-order valence-corrected chi connectivity index (χ1v) is 5.63. The van der Waals surface area contributed by atoms with Gasteiger partial charge in [-0.2, -0.15) is 0 Å². The molecular weight excluding hydrogens is 198 g/mol. The molecule has 0 fully saturated rings. The smallest absolute Gasteiger partial charge is 0.142 e. The number of hydrogen-bond acceptors (Lipinski definition) is 2. The highest BCUT2D eigenvalue weighted by Crippen LogP contribution is 2.06. The standard InChI is InChI=1S/C14H18NO/c1-3-5-6-11-15-16-12-14-9-7-13(4-2)8-10-14/h4,7-10H,2-3,5-6,12H2,1H3. The van der Waals surface area contributed by atoms with Gasteiger partial charge in [-0.1, -0.05) is 55.4 Å². The Morgan fingerprint density at radius 2 is 2.12 bits per heavy atom. The summed E-state index contributed by atoms with van der Waals surface area (Å²) < 4.78 is 0. The second-order valence-electron chi connectivity index (χ2n) is 3.57. The van der Waals surface area contributed by atoms with Crippen LogP contribution in [0.5, 0.6) is 0 Å². The van der Waals surface area contributed by atoms with Crippen LogP contribution in [0, 0.1) is 0 Å². The molecule has 0 unspecified atom stereocenters.